The quantitative estimate of drug-likeness (QED) is 0.921. The smallest absolute Gasteiger partial charge is 0.257 e. The van der Waals surface area contributed by atoms with Crippen molar-refractivity contribution in [3.63, 3.8) is 0 Å². The molecule has 2 aromatic rings. The number of pyridine rings is 1. The monoisotopic (exact) mass is 327 g/mol. The maximum absolute atomic E-state index is 12.7. The van der Waals surface area contributed by atoms with Gasteiger partial charge in [0.25, 0.3) is 5.91 Å². The van der Waals surface area contributed by atoms with E-state index >= 15 is 0 Å². The van der Waals surface area contributed by atoms with Crippen molar-refractivity contribution in [2.24, 2.45) is 7.05 Å². The third-order valence-corrected chi connectivity index (χ3v) is 4.20. The number of rotatable bonds is 4. The Bertz CT molecular complexity index is 738. The summed E-state index contributed by atoms with van der Waals surface area (Å²) in [6.07, 6.45) is 6.97. The number of carbonyl (C=O) groups is 2. The lowest BCUT2D eigenvalue weighted by Crippen LogP contribution is -2.30. The molecule has 0 aliphatic carbocycles. The van der Waals surface area contributed by atoms with E-state index in [1.165, 1.54) is 6.92 Å². The van der Waals surface area contributed by atoms with Gasteiger partial charge >= 0.3 is 0 Å². The number of nitrogens with one attached hydrogen (secondary N) is 1. The zero-order chi connectivity index (χ0) is 17.1. The van der Waals surface area contributed by atoms with Crippen molar-refractivity contribution >= 4 is 11.8 Å². The van der Waals surface area contributed by atoms with Crippen molar-refractivity contribution in [3.8, 4) is 0 Å². The van der Waals surface area contributed by atoms with Gasteiger partial charge in [0.2, 0.25) is 5.91 Å². The van der Waals surface area contributed by atoms with Crippen LogP contribution in [0.1, 0.15) is 47.4 Å². The average Bonchev–Trinajstić information content (AvgIpc) is 3.22. The summed E-state index contributed by atoms with van der Waals surface area (Å²) >= 11 is 0. The summed E-state index contributed by atoms with van der Waals surface area (Å²) in [5, 5.41) is 6.82. The summed E-state index contributed by atoms with van der Waals surface area (Å²) in [6.45, 7) is 2.68. The van der Waals surface area contributed by atoms with Crippen LogP contribution in [0, 0.1) is 0 Å². The largest absolute Gasteiger partial charge is 0.352 e. The molecule has 0 saturated carbocycles. The van der Waals surface area contributed by atoms with Gasteiger partial charge in [0.05, 0.1) is 23.5 Å². The SMILES string of the molecule is CC(=O)NCc1ccc([C@@H]2CCCN2C(=O)c2cnn(C)c2)nc1. The molecule has 0 unspecified atom stereocenters. The molecule has 1 N–H and O–H groups in total. The minimum absolute atomic E-state index is 0.00489. The number of aryl methyl sites for hydroxylation is 1. The van der Waals surface area contributed by atoms with Crippen LogP contribution < -0.4 is 5.32 Å². The van der Waals surface area contributed by atoms with Crippen LogP contribution in [0.4, 0.5) is 0 Å². The van der Waals surface area contributed by atoms with Gasteiger partial charge in [-0.3, -0.25) is 19.3 Å². The Morgan fingerprint density at radius 3 is 2.79 bits per heavy atom. The van der Waals surface area contributed by atoms with Crippen LogP contribution in [0.3, 0.4) is 0 Å². The van der Waals surface area contributed by atoms with Crippen LogP contribution in [0.5, 0.6) is 0 Å². The van der Waals surface area contributed by atoms with Gasteiger partial charge in [-0.2, -0.15) is 5.10 Å². The summed E-state index contributed by atoms with van der Waals surface area (Å²) in [5.74, 6) is -0.0714. The van der Waals surface area contributed by atoms with E-state index in [0.29, 0.717) is 12.1 Å². The van der Waals surface area contributed by atoms with Crippen LogP contribution in [0.25, 0.3) is 0 Å². The number of carbonyl (C=O) groups excluding carboxylic acids is 2. The third kappa shape index (κ3) is 3.45. The van der Waals surface area contributed by atoms with Crippen molar-refractivity contribution < 1.29 is 9.59 Å². The van der Waals surface area contributed by atoms with Crippen molar-refractivity contribution in [1.82, 2.24) is 25.0 Å². The summed E-state index contributed by atoms with van der Waals surface area (Å²) < 4.78 is 1.63. The molecule has 1 saturated heterocycles. The molecule has 2 aromatic heterocycles. The molecule has 3 heterocycles. The van der Waals surface area contributed by atoms with Crippen LogP contribution in [-0.2, 0) is 18.4 Å². The molecule has 24 heavy (non-hydrogen) atoms. The molecule has 2 amide bonds. The van der Waals surface area contributed by atoms with Gasteiger partial charge in [-0.15, -0.1) is 0 Å². The van der Waals surface area contributed by atoms with Gasteiger partial charge in [-0.25, -0.2) is 0 Å². The lowest BCUT2D eigenvalue weighted by Gasteiger charge is -2.24. The number of nitrogens with zero attached hydrogens (tertiary/aromatic N) is 4. The molecule has 0 aromatic carbocycles. The first kappa shape index (κ1) is 16.2. The van der Waals surface area contributed by atoms with Gasteiger partial charge in [0.1, 0.15) is 0 Å². The fraction of sp³-hybridized carbons (Fsp3) is 0.412. The molecule has 0 spiro atoms. The number of aromatic nitrogens is 3. The van der Waals surface area contributed by atoms with Crippen LogP contribution in [0.15, 0.2) is 30.7 Å². The highest BCUT2D eigenvalue weighted by atomic mass is 16.2. The highest BCUT2D eigenvalue weighted by Gasteiger charge is 2.31. The van der Waals surface area contributed by atoms with E-state index in [4.69, 9.17) is 0 Å². The highest BCUT2D eigenvalue weighted by Crippen LogP contribution is 2.32. The van der Waals surface area contributed by atoms with Gasteiger partial charge < -0.3 is 10.2 Å². The fourth-order valence-electron chi connectivity index (χ4n) is 2.98. The van der Waals surface area contributed by atoms with Crippen molar-refractivity contribution in [2.45, 2.75) is 32.4 Å². The second kappa shape index (κ2) is 6.82. The average molecular weight is 327 g/mol. The predicted octanol–water partition coefficient (Wildman–Crippen LogP) is 1.43. The lowest BCUT2D eigenvalue weighted by atomic mass is 10.1. The molecule has 3 rings (SSSR count). The maximum atomic E-state index is 12.7. The Kier molecular flexibility index (Phi) is 4.59. The number of hydrogen-bond acceptors (Lipinski definition) is 4. The molecule has 7 heteroatoms. The molecule has 1 atom stereocenters. The number of amides is 2. The lowest BCUT2D eigenvalue weighted by molar-refractivity contribution is -0.119. The van der Waals surface area contributed by atoms with E-state index in [9.17, 15) is 9.59 Å². The molecule has 1 aliphatic heterocycles. The Morgan fingerprint density at radius 1 is 1.33 bits per heavy atom. The fourth-order valence-corrected chi connectivity index (χ4v) is 2.98. The molecule has 1 aliphatic rings. The summed E-state index contributed by atoms with van der Waals surface area (Å²) in [7, 11) is 1.80. The predicted molar refractivity (Wildman–Crippen MR) is 88.0 cm³/mol. The Morgan fingerprint density at radius 2 is 2.17 bits per heavy atom. The van der Waals surface area contributed by atoms with Gasteiger partial charge in [0, 0.05) is 39.5 Å². The first-order valence-electron chi connectivity index (χ1n) is 8.03. The zero-order valence-electron chi connectivity index (χ0n) is 13.9. The molecule has 7 nitrogen and oxygen atoms in total. The van der Waals surface area contributed by atoms with Crippen molar-refractivity contribution in [3.05, 3.63) is 47.5 Å². The topological polar surface area (TPSA) is 80.1 Å². The summed E-state index contributed by atoms with van der Waals surface area (Å²) in [4.78, 5) is 30.0. The molecule has 126 valence electrons. The van der Waals surface area contributed by atoms with Crippen molar-refractivity contribution in [1.29, 1.82) is 0 Å². The van der Waals surface area contributed by atoms with Crippen LogP contribution in [-0.4, -0.2) is 38.0 Å². The van der Waals surface area contributed by atoms with E-state index in [1.54, 1.807) is 30.3 Å². The van der Waals surface area contributed by atoms with E-state index < -0.39 is 0 Å². The summed E-state index contributed by atoms with van der Waals surface area (Å²) in [5.41, 5.74) is 2.43. The second-order valence-electron chi connectivity index (χ2n) is 6.06. The van der Waals surface area contributed by atoms with Gasteiger partial charge in [-0.05, 0) is 24.5 Å². The molecular formula is C17H21N5O2. The Labute approximate surface area is 140 Å². The van der Waals surface area contributed by atoms with E-state index in [2.05, 4.69) is 15.4 Å². The molecular weight excluding hydrogens is 306 g/mol. The van der Waals surface area contributed by atoms with Crippen LogP contribution in [0.2, 0.25) is 0 Å². The van der Waals surface area contributed by atoms with E-state index in [0.717, 1.165) is 30.6 Å². The van der Waals surface area contributed by atoms with Gasteiger partial charge in [0.15, 0.2) is 0 Å². The van der Waals surface area contributed by atoms with Crippen molar-refractivity contribution in [2.75, 3.05) is 6.54 Å². The second-order valence-corrected chi connectivity index (χ2v) is 6.06. The standard InChI is InChI=1S/C17H21N5O2/c1-12(23)18-8-13-5-6-15(19-9-13)16-4-3-7-22(16)17(24)14-10-20-21(2)11-14/h5-6,9-11,16H,3-4,7-8H2,1-2H3,(H,18,23)/t16-/m0/s1. The number of likely N-dealkylation sites (tertiary alicyclic amines) is 1. The third-order valence-electron chi connectivity index (χ3n) is 4.20. The zero-order valence-corrected chi connectivity index (χ0v) is 13.9. The minimum atomic E-state index is -0.0666. The normalized spacial score (nSPS) is 17.1. The van der Waals surface area contributed by atoms with Crippen LogP contribution >= 0.6 is 0 Å². The molecule has 1 fully saturated rings. The number of hydrogen-bond donors (Lipinski definition) is 1. The Balaban J connectivity index is 1.73. The molecule has 0 radical (unpaired) electrons. The van der Waals surface area contributed by atoms with E-state index in [1.807, 2.05) is 17.0 Å². The van der Waals surface area contributed by atoms with Gasteiger partial charge in [-0.1, -0.05) is 6.07 Å². The summed E-state index contributed by atoms with van der Waals surface area (Å²) in [6, 6.07) is 3.88. The maximum Gasteiger partial charge on any atom is 0.257 e. The minimum Gasteiger partial charge on any atom is -0.352 e. The first-order chi connectivity index (χ1) is 11.5. The highest BCUT2D eigenvalue weighted by molar-refractivity contribution is 5.94. The molecule has 0 bridgehead atoms. The first-order valence-corrected chi connectivity index (χ1v) is 8.03. The van der Waals surface area contributed by atoms with E-state index in [-0.39, 0.29) is 17.9 Å². The Hall–Kier alpha value is -2.70.